The number of allylic oxidation sites excluding steroid dienone is 6. The van der Waals surface area contributed by atoms with Crippen molar-refractivity contribution in [3.05, 3.63) is 35.5 Å². The maximum atomic E-state index is 5.29. The molecule has 0 atom stereocenters. The summed E-state index contributed by atoms with van der Waals surface area (Å²) in [5.74, 6) is 0. The van der Waals surface area contributed by atoms with E-state index in [2.05, 4.69) is 23.4 Å². The summed E-state index contributed by atoms with van der Waals surface area (Å²) in [6, 6.07) is 0. The zero-order valence-electron chi connectivity index (χ0n) is 7.36. The van der Waals surface area contributed by atoms with Gasteiger partial charge in [0.1, 0.15) is 6.61 Å². The van der Waals surface area contributed by atoms with Crippen molar-refractivity contribution in [2.45, 2.75) is 6.42 Å². The summed E-state index contributed by atoms with van der Waals surface area (Å²) < 4.78 is 0. The highest BCUT2D eigenvalue weighted by molar-refractivity contribution is 6.11. The highest BCUT2D eigenvalue weighted by Gasteiger charge is 2.22. The number of hydrogen-bond acceptors (Lipinski definition) is 3. The Labute approximate surface area is 77.2 Å². The predicted molar refractivity (Wildman–Crippen MR) is 52.4 cm³/mol. The first-order chi connectivity index (χ1) is 6.42. The van der Waals surface area contributed by atoms with Crippen LogP contribution in [0.1, 0.15) is 6.42 Å². The summed E-state index contributed by atoms with van der Waals surface area (Å²) in [5, 5.41) is 4.03. The van der Waals surface area contributed by atoms with Crippen LogP contribution in [0.4, 0.5) is 0 Å². The van der Waals surface area contributed by atoms with Gasteiger partial charge in [0, 0.05) is 18.5 Å². The van der Waals surface area contributed by atoms with Crippen molar-refractivity contribution >= 4 is 5.71 Å². The lowest BCUT2D eigenvalue weighted by molar-refractivity contribution is 0.152. The van der Waals surface area contributed by atoms with E-state index in [1.54, 1.807) is 0 Å². The van der Waals surface area contributed by atoms with Crippen LogP contribution in [-0.2, 0) is 4.84 Å². The molecular formula is C10H12N2O. The third-order valence-electron chi connectivity index (χ3n) is 1.95. The first-order valence-electron chi connectivity index (χ1n) is 4.40. The average molecular weight is 176 g/mol. The molecule has 0 fully saturated rings. The van der Waals surface area contributed by atoms with Gasteiger partial charge in [-0.25, -0.2) is 0 Å². The molecule has 0 heterocycles. The highest BCUT2D eigenvalue weighted by atomic mass is 16.6. The van der Waals surface area contributed by atoms with E-state index in [4.69, 9.17) is 10.6 Å². The molecule has 0 aliphatic heterocycles. The molecule has 2 N–H and O–H groups in total. The lowest BCUT2D eigenvalue weighted by Gasteiger charge is -1.98. The van der Waals surface area contributed by atoms with Crippen molar-refractivity contribution in [1.82, 2.24) is 0 Å². The molecule has 0 spiro atoms. The van der Waals surface area contributed by atoms with Gasteiger partial charge in [-0.05, 0) is 11.6 Å². The van der Waals surface area contributed by atoms with E-state index in [1.807, 2.05) is 6.08 Å². The Balaban J connectivity index is 1.99. The molecule has 0 aromatic heterocycles. The molecule has 0 amide bonds. The number of fused-ring (bicyclic) bond motifs is 1. The van der Waals surface area contributed by atoms with E-state index in [1.165, 1.54) is 11.1 Å². The Morgan fingerprint density at radius 3 is 3.31 bits per heavy atom. The summed E-state index contributed by atoms with van der Waals surface area (Å²) in [7, 11) is 0. The topological polar surface area (TPSA) is 47.6 Å². The molecule has 0 saturated heterocycles. The van der Waals surface area contributed by atoms with Gasteiger partial charge >= 0.3 is 0 Å². The molecule has 0 saturated carbocycles. The van der Waals surface area contributed by atoms with Crippen LogP contribution < -0.4 is 5.73 Å². The molecule has 2 aliphatic rings. The summed E-state index contributed by atoms with van der Waals surface area (Å²) in [4.78, 5) is 5.04. The van der Waals surface area contributed by atoms with Crippen LogP contribution >= 0.6 is 0 Å². The van der Waals surface area contributed by atoms with Crippen LogP contribution in [0.25, 0.3) is 0 Å². The smallest absolute Gasteiger partial charge is 0.129 e. The Morgan fingerprint density at radius 2 is 2.46 bits per heavy atom. The Morgan fingerprint density at radius 1 is 1.54 bits per heavy atom. The van der Waals surface area contributed by atoms with Crippen molar-refractivity contribution in [2.75, 3.05) is 13.2 Å². The first kappa shape index (κ1) is 8.26. The number of oxime groups is 1. The van der Waals surface area contributed by atoms with Crippen molar-refractivity contribution in [1.29, 1.82) is 0 Å². The summed E-state index contributed by atoms with van der Waals surface area (Å²) in [6.07, 6.45) is 9.15. The van der Waals surface area contributed by atoms with Crippen LogP contribution in [0.15, 0.2) is 40.6 Å². The van der Waals surface area contributed by atoms with Gasteiger partial charge < -0.3 is 10.6 Å². The van der Waals surface area contributed by atoms with Gasteiger partial charge in [-0.3, -0.25) is 0 Å². The molecule has 3 heteroatoms. The highest BCUT2D eigenvalue weighted by Crippen LogP contribution is 2.32. The fourth-order valence-corrected chi connectivity index (χ4v) is 1.23. The van der Waals surface area contributed by atoms with Crippen molar-refractivity contribution in [3.8, 4) is 0 Å². The van der Waals surface area contributed by atoms with Gasteiger partial charge in [0.05, 0.1) is 5.71 Å². The van der Waals surface area contributed by atoms with Crippen LogP contribution in [0.2, 0.25) is 0 Å². The minimum atomic E-state index is 0.486. The molecule has 13 heavy (non-hydrogen) atoms. The molecule has 2 rings (SSSR count). The molecular weight excluding hydrogens is 164 g/mol. The largest absolute Gasteiger partial charge is 0.394 e. The second-order valence-corrected chi connectivity index (χ2v) is 2.97. The zero-order valence-corrected chi connectivity index (χ0v) is 7.36. The maximum absolute atomic E-state index is 5.29. The van der Waals surface area contributed by atoms with Gasteiger partial charge in [-0.15, -0.1) is 0 Å². The van der Waals surface area contributed by atoms with Gasteiger partial charge in [0.25, 0.3) is 0 Å². The standard InChI is InChI=1S/C10H12N2O/c11-5-6-13-12-10-4-2-1-3-8-7-9(8)10/h1-3,7H,4-6,11H2. The van der Waals surface area contributed by atoms with Crippen LogP contribution in [0.3, 0.4) is 0 Å². The minimum absolute atomic E-state index is 0.486. The quantitative estimate of drug-likeness (QED) is 0.518. The molecule has 68 valence electrons. The Bertz CT molecular complexity index is 324. The molecule has 3 nitrogen and oxygen atoms in total. The molecule has 0 aromatic rings. The van der Waals surface area contributed by atoms with Gasteiger partial charge in [-0.2, -0.15) is 0 Å². The van der Waals surface area contributed by atoms with Gasteiger partial charge in [-0.1, -0.05) is 23.4 Å². The van der Waals surface area contributed by atoms with E-state index < -0.39 is 0 Å². The van der Waals surface area contributed by atoms with Crippen LogP contribution in [0, 0.1) is 0 Å². The fraction of sp³-hybridized carbons (Fsp3) is 0.300. The zero-order chi connectivity index (χ0) is 9.10. The lowest BCUT2D eigenvalue weighted by atomic mass is 10.2. The predicted octanol–water partition coefficient (Wildman–Crippen LogP) is 1.14. The summed E-state index contributed by atoms with van der Waals surface area (Å²) in [6.45, 7) is 0.994. The van der Waals surface area contributed by atoms with Crippen molar-refractivity contribution < 1.29 is 4.84 Å². The van der Waals surface area contributed by atoms with E-state index >= 15 is 0 Å². The second kappa shape index (κ2) is 3.58. The van der Waals surface area contributed by atoms with E-state index in [0.717, 1.165) is 12.1 Å². The molecule has 2 aliphatic carbocycles. The molecule has 0 aromatic carbocycles. The molecule has 0 unspecified atom stereocenters. The van der Waals surface area contributed by atoms with E-state index in [-0.39, 0.29) is 0 Å². The Kier molecular flexibility index (Phi) is 2.27. The van der Waals surface area contributed by atoms with Crippen LogP contribution in [0.5, 0.6) is 0 Å². The number of nitrogens with two attached hydrogens (primary N) is 1. The number of nitrogens with zero attached hydrogens (tertiary/aromatic N) is 1. The Hall–Kier alpha value is -1.35. The van der Waals surface area contributed by atoms with E-state index in [9.17, 15) is 0 Å². The monoisotopic (exact) mass is 176 g/mol. The normalized spacial score (nSPS) is 21.8. The number of rotatable bonds is 3. The van der Waals surface area contributed by atoms with Gasteiger partial charge in [0.2, 0.25) is 0 Å². The minimum Gasteiger partial charge on any atom is -0.394 e. The summed E-state index contributed by atoms with van der Waals surface area (Å²) in [5.41, 5.74) is 8.79. The third-order valence-corrected chi connectivity index (χ3v) is 1.95. The fourth-order valence-electron chi connectivity index (χ4n) is 1.23. The van der Waals surface area contributed by atoms with Gasteiger partial charge in [0.15, 0.2) is 0 Å². The molecule has 0 bridgehead atoms. The third kappa shape index (κ3) is 1.87. The maximum Gasteiger partial charge on any atom is 0.129 e. The summed E-state index contributed by atoms with van der Waals surface area (Å²) >= 11 is 0. The van der Waals surface area contributed by atoms with Crippen LogP contribution in [-0.4, -0.2) is 18.9 Å². The number of hydrogen-bond donors (Lipinski definition) is 1. The lowest BCUT2D eigenvalue weighted by Crippen LogP contribution is -2.07. The van der Waals surface area contributed by atoms with Crippen molar-refractivity contribution in [3.63, 3.8) is 0 Å². The van der Waals surface area contributed by atoms with Crippen molar-refractivity contribution in [2.24, 2.45) is 10.9 Å². The first-order valence-corrected chi connectivity index (χ1v) is 4.40. The molecule has 0 radical (unpaired) electrons. The SMILES string of the molecule is NCCON=C1CC=CC=C2C=C21. The second-order valence-electron chi connectivity index (χ2n) is 2.97. The van der Waals surface area contributed by atoms with E-state index in [0.29, 0.717) is 13.2 Å². The average Bonchev–Trinajstić information content (AvgIpc) is 2.86.